The van der Waals surface area contributed by atoms with Crippen LogP contribution in [0, 0.1) is 0 Å². The number of nitrogens with zero attached hydrogens (tertiary/aromatic N) is 1. The van der Waals surface area contributed by atoms with Crippen LogP contribution in [-0.2, 0) is 23.1 Å². The summed E-state index contributed by atoms with van der Waals surface area (Å²) in [6.45, 7) is 14.8. The third-order valence-corrected chi connectivity index (χ3v) is 7.95. The number of unbranched alkanes of at least 4 members (excludes halogenated alkanes) is 1. The minimum atomic E-state index is -2.17. The van der Waals surface area contributed by atoms with Crippen LogP contribution in [0.5, 0.6) is 0 Å². The molecule has 2 atom stereocenters. The quantitative estimate of drug-likeness (QED) is 0.257. The summed E-state index contributed by atoms with van der Waals surface area (Å²) in [4.78, 5) is 2.45. The third-order valence-electron chi connectivity index (χ3n) is 3.90. The van der Waals surface area contributed by atoms with Gasteiger partial charge in [0.05, 0.1) is 12.7 Å². The SMILES string of the molecule is CCCCOCC1CN(C[Si]C(OCC)OCC)C[Si](C)(OCC)O1. The molecule has 0 aromatic heterocycles. The van der Waals surface area contributed by atoms with Crippen molar-refractivity contribution in [3.8, 4) is 0 Å². The van der Waals surface area contributed by atoms with E-state index in [2.05, 4.69) is 18.4 Å². The second kappa shape index (κ2) is 13.4. The molecular weight excluding hydrogens is 354 g/mol. The standard InChI is InChI=1S/C17H37NO5Si2/c1-6-10-11-19-13-16-12-18(15-25(5,23-16)22-9-4)14-24-17(20-7-2)21-8-3/h16-17H,6-15H2,1-5H3. The topological polar surface area (TPSA) is 49.4 Å². The molecule has 8 heteroatoms. The van der Waals surface area contributed by atoms with Crippen molar-refractivity contribution in [1.82, 2.24) is 4.90 Å². The van der Waals surface area contributed by atoms with Gasteiger partial charge in [0.15, 0.2) is 0 Å². The first-order valence-electron chi connectivity index (χ1n) is 9.65. The van der Waals surface area contributed by atoms with Crippen LogP contribution in [-0.4, -0.2) is 86.9 Å². The molecule has 1 fully saturated rings. The first kappa shape index (κ1) is 23.2. The van der Waals surface area contributed by atoms with Gasteiger partial charge in [-0.3, -0.25) is 0 Å². The molecule has 1 heterocycles. The Kier molecular flexibility index (Phi) is 12.4. The summed E-state index contributed by atoms with van der Waals surface area (Å²) in [5.41, 5.74) is 0. The van der Waals surface area contributed by atoms with Crippen molar-refractivity contribution in [2.45, 2.75) is 59.1 Å². The van der Waals surface area contributed by atoms with E-state index in [0.717, 1.165) is 38.3 Å². The van der Waals surface area contributed by atoms with Crippen LogP contribution < -0.4 is 0 Å². The van der Waals surface area contributed by atoms with Gasteiger partial charge in [0.1, 0.15) is 15.4 Å². The average molecular weight is 392 g/mol. The maximum absolute atomic E-state index is 6.32. The lowest BCUT2D eigenvalue weighted by Gasteiger charge is -2.42. The van der Waals surface area contributed by atoms with Crippen LogP contribution in [0.15, 0.2) is 0 Å². The van der Waals surface area contributed by atoms with Gasteiger partial charge >= 0.3 is 8.56 Å². The monoisotopic (exact) mass is 391 g/mol. The van der Waals surface area contributed by atoms with Gasteiger partial charge in [0.25, 0.3) is 0 Å². The zero-order valence-electron chi connectivity index (χ0n) is 16.7. The van der Waals surface area contributed by atoms with E-state index in [1.54, 1.807) is 0 Å². The molecule has 1 rings (SSSR count). The lowest BCUT2D eigenvalue weighted by Crippen LogP contribution is -2.61. The van der Waals surface area contributed by atoms with Crippen molar-refractivity contribution in [1.29, 1.82) is 0 Å². The zero-order chi connectivity index (χ0) is 18.5. The van der Waals surface area contributed by atoms with Gasteiger partial charge < -0.3 is 28.0 Å². The van der Waals surface area contributed by atoms with Crippen molar-refractivity contribution in [3.05, 3.63) is 0 Å². The number of rotatable bonds is 14. The Morgan fingerprint density at radius 3 is 2.48 bits per heavy atom. The number of ether oxygens (including phenoxy) is 3. The summed E-state index contributed by atoms with van der Waals surface area (Å²) in [7, 11) is -1.58. The van der Waals surface area contributed by atoms with Gasteiger partial charge in [-0.15, -0.1) is 0 Å². The van der Waals surface area contributed by atoms with Crippen LogP contribution in [0.2, 0.25) is 6.55 Å². The molecular formula is C17H37NO5Si2. The Bertz CT molecular complexity index is 334. The minimum Gasteiger partial charge on any atom is -0.394 e. The van der Waals surface area contributed by atoms with Crippen LogP contribution in [0.3, 0.4) is 0 Å². The predicted molar refractivity (Wildman–Crippen MR) is 103 cm³/mol. The van der Waals surface area contributed by atoms with E-state index in [4.69, 9.17) is 23.1 Å². The van der Waals surface area contributed by atoms with Crippen LogP contribution >= 0.6 is 0 Å². The van der Waals surface area contributed by atoms with Crippen molar-refractivity contribution in [2.24, 2.45) is 0 Å². The molecule has 0 aromatic rings. The summed E-state index contributed by atoms with van der Waals surface area (Å²) >= 11 is 0. The molecule has 6 nitrogen and oxygen atoms in total. The van der Waals surface area contributed by atoms with E-state index < -0.39 is 8.56 Å². The van der Waals surface area contributed by atoms with Crippen LogP contribution in [0.25, 0.3) is 0 Å². The van der Waals surface area contributed by atoms with Crippen molar-refractivity contribution in [2.75, 3.05) is 51.9 Å². The number of hydrogen-bond acceptors (Lipinski definition) is 6. The highest BCUT2D eigenvalue weighted by Gasteiger charge is 2.41. The van der Waals surface area contributed by atoms with E-state index >= 15 is 0 Å². The molecule has 0 spiro atoms. The van der Waals surface area contributed by atoms with E-state index in [0.29, 0.717) is 35.9 Å². The largest absolute Gasteiger partial charge is 0.394 e. The summed E-state index contributed by atoms with van der Waals surface area (Å²) in [6.07, 6.45) is 4.19. The summed E-state index contributed by atoms with van der Waals surface area (Å²) in [5.74, 6) is -0.0999. The molecule has 0 aliphatic carbocycles. The van der Waals surface area contributed by atoms with Crippen LogP contribution in [0.4, 0.5) is 0 Å². The van der Waals surface area contributed by atoms with Gasteiger partial charge in [-0.25, -0.2) is 0 Å². The molecule has 0 saturated carbocycles. The van der Waals surface area contributed by atoms with E-state index in [1.807, 2.05) is 20.8 Å². The lowest BCUT2D eigenvalue weighted by atomic mass is 10.3. The summed E-state index contributed by atoms with van der Waals surface area (Å²) < 4.78 is 29.5. The fraction of sp³-hybridized carbons (Fsp3) is 1.00. The first-order chi connectivity index (χ1) is 12.1. The fourth-order valence-electron chi connectivity index (χ4n) is 2.91. The Labute approximate surface area is 157 Å². The zero-order valence-corrected chi connectivity index (χ0v) is 18.7. The Balaban J connectivity index is 2.54. The molecule has 1 aliphatic rings. The van der Waals surface area contributed by atoms with Crippen molar-refractivity contribution in [3.63, 3.8) is 0 Å². The van der Waals surface area contributed by atoms with E-state index in [-0.39, 0.29) is 12.0 Å². The number of hydrogen-bond donors (Lipinski definition) is 0. The Morgan fingerprint density at radius 1 is 1.16 bits per heavy atom. The highest BCUT2D eigenvalue weighted by atomic mass is 28.4. The molecule has 0 bridgehead atoms. The van der Waals surface area contributed by atoms with Crippen molar-refractivity contribution < 1.29 is 23.1 Å². The molecule has 0 amide bonds. The Morgan fingerprint density at radius 2 is 1.88 bits per heavy atom. The summed E-state index contributed by atoms with van der Waals surface area (Å²) in [5, 5.41) is 0. The average Bonchev–Trinajstić information content (AvgIpc) is 2.57. The Hall–Kier alpha value is 0.194. The van der Waals surface area contributed by atoms with E-state index in [9.17, 15) is 0 Å². The van der Waals surface area contributed by atoms with Gasteiger partial charge in [0, 0.05) is 39.1 Å². The molecule has 0 aromatic carbocycles. The highest BCUT2D eigenvalue weighted by Crippen LogP contribution is 2.19. The first-order valence-corrected chi connectivity index (χ1v) is 13.5. The summed E-state index contributed by atoms with van der Waals surface area (Å²) in [6, 6.07) is 0. The van der Waals surface area contributed by atoms with Crippen LogP contribution in [0.1, 0.15) is 40.5 Å². The molecule has 2 unspecified atom stereocenters. The van der Waals surface area contributed by atoms with Gasteiger partial charge in [-0.2, -0.15) is 0 Å². The molecule has 148 valence electrons. The molecule has 0 N–H and O–H groups in total. The molecule has 1 aliphatic heterocycles. The minimum absolute atomic E-state index is 0.0938. The van der Waals surface area contributed by atoms with E-state index in [1.165, 1.54) is 0 Å². The maximum atomic E-state index is 6.32. The third kappa shape index (κ3) is 9.62. The normalized spacial score (nSPS) is 25.0. The second-order valence-corrected chi connectivity index (χ2v) is 10.7. The second-order valence-electron chi connectivity index (χ2n) is 6.35. The van der Waals surface area contributed by atoms with Crippen molar-refractivity contribution >= 4 is 18.1 Å². The highest BCUT2D eigenvalue weighted by molar-refractivity contribution is 6.66. The predicted octanol–water partition coefficient (Wildman–Crippen LogP) is 2.17. The molecule has 2 radical (unpaired) electrons. The fourth-order valence-corrected chi connectivity index (χ4v) is 7.10. The molecule has 25 heavy (non-hydrogen) atoms. The van der Waals surface area contributed by atoms with Gasteiger partial charge in [0.2, 0.25) is 0 Å². The lowest BCUT2D eigenvalue weighted by molar-refractivity contribution is -0.0838. The molecule has 1 saturated heterocycles. The van der Waals surface area contributed by atoms with Gasteiger partial charge in [-0.1, -0.05) is 13.3 Å². The smallest absolute Gasteiger partial charge is 0.349 e. The van der Waals surface area contributed by atoms with Gasteiger partial charge in [-0.05, 0) is 39.9 Å². The maximum Gasteiger partial charge on any atom is 0.349 e.